The second-order valence-electron chi connectivity index (χ2n) is 4.20. The van der Waals surface area contributed by atoms with Crippen molar-refractivity contribution in [1.82, 2.24) is 0 Å². The van der Waals surface area contributed by atoms with Crippen LogP contribution in [0.5, 0.6) is 0 Å². The number of hydrogen-bond acceptors (Lipinski definition) is 0. The Balaban J connectivity index is 2.50. The molecule has 0 aliphatic heterocycles. The van der Waals surface area contributed by atoms with E-state index >= 15 is 0 Å². The molecule has 0 radical (unpaired) electrons. The Morgan fingerprint density at radius 3 is 2.26 bits per heavy atom. The Bertz CT molecular complexity index is 596. The van der Waals surface area contributed by atoms with Crippen molar-refractivity contribution in [2.45, 2.75) is 18.2 Å². The van der Waals surface area contributed by atoms with Gasteiger partial charge in [-0.05, 0) is 23.6 Å². The van der Waals surface area contributed by atoms with Crippen LogP contribution in [0.4, 0.5) is 13.2 Å². The van der Waals surface area contributed by atoms with E-state index in [1.54, 1.807) is 0 Å². The van der Waals surface area contributed by atoms with Crippen LogP contribution >= 0.6 is 15.9 Å². The summed E-state index contributed by atoms with van der Waals surface area (Å²) in [6.07, 6.45) is 0.781. The van der Waals surface area contributed by atoms with Crippen LogP contribution in [-0.2, 0) is 6.42 Å². The lowest BCUT2D eigenvalue weighted by molar-refractivity contribution is 0.491. The molecular formula is C15H12BrF3. The summed E-state index contributed by atoms with van der Waals surface area (Å²) in [5.41, 5.74) is 1.99. The standard InChI is InChI=1S/C15H12BrF3/c1-2-9-5-3-4-6-10(9)15(16)11-7-13(18)14(19)8-12(11)17/h3-8,15H,2H2,1H3. The normalized spacial score (nSPS) is 12.5. The zero-order chi connectivity index (χ0) is 14.0. The molecule has 0 heterocycles. The highest BCUT2D eigenvalue weighted by Gasteiger charge is 2.19. The van der Waals surface area contributed by atoms with Gasteiger partial charge in [0.2, 0.25) is 0 Å². The maximum atomic E-state index is 13.8. The molecule has 100 valence electrons. The third kappa shape index (κ3) is 2.84. The number of hydrogen-bond donors (Lipinski definition) is 0. The van der Waals surface area contributed by atoms with E-state index in [4.69, 9.17) is 0 Å². The Morgan fingerprint density at radius 2 is 1.58 bits per heavy atom. The summed E-state index contributed by atoms with van der Waals surface area (Å²) < 4.78 is 40.0. The zero-order valence-corrected chi connectivity index (χ0v) is 11.8. The first-order valence-corrected chi connectivity index (χ1v) is 6.82. The second-order valence-corrected chi connectivity index (χ2v) is 5.12. The molecule has 0 spiro atoms. The van der Waals surface area contributed by atoms with Gasteiger partial charge in [0.05, 0.1) is 4.83 Å². The molecule has 4 heteroatoms. The fraction of sp³-hybridized carbons (Fsp3) is 0.200. The van der Waals surface area contributed by atoms with Crippen molar-refractivity contribution in [3.05, 3.63) is 70.5 Å². The number of halogens is 4. The van der Waals surface area contributed by atoms with E-state index in [1.165, 1.54) is 0 Å². The van der Waals surface area contributed by atoms with Gasteiger partial charge in [-0.1, -0.05) is 47.1 Å². The van der Waals surface area contributed by atoms with Crippen LogP contribution in [0.15, 0.2) is 36.4 Å². The van der Waals surface area contributed by atoms with Gasteiger partial charge in [-0.25, -0.2) is 13.2 Å². The zero-order valence-electron chi connectivity index (χ0n) is 10.3. The molecule has 0 amide bonds. The van der Waals surface area contributed by atoms with Gasteiger partial charge in [0.15, 0.2) is 11.6 Å². The average Bonchev–Trinajstić information content (AvgIpc) is 2.42. The predicted molar refractivity (Wildman–Crippen MR) is 72.9 cm³/mol. The average molecular weight is 329 g/mol. The summed E-state index contributed by atoms with van der Waals surface area (Å²) in [4.78, 5) is -0.501. The first-order valence-electron chi connectivity index (χ1n) is 5.91. The summed E-state index contributed by atoms with van der Waals surface area (Å²) in [5, 5.41) is 0. The fourth-order valence-electron chi connectivity index (χ4n) is 2.00. The summed E-state index contributed by atoms with van der Waals surface area (Å²) in [5.74, 6) is -2.98. The van der Waals surface area contributed by atoms with Crippen LogP contribution in [-0.4, -0.2) is 0 Å². The van der Waals surface area contributed by atoms with Crippen molar-refractivity contribution in [2.75, 3.05) is 0 Å². The lowest BCUT2D eigenvalue weighted by Gasteiger charge is -2.15. The highest BCUT2D eigenvalue weighted by atomic mass is 79.9. The molecule has 0 saturated carbocycles. The smallest absolute Gasteiger partial charge is 0.161 e. The van der Waals surface area contributed by atoms with E-state index in [2.05, 4.69) is 15.9 Å². The molecule has 19 heavy (non-hydrogen) atoms. The van der Waals surface area contributed by atoms with E-state index in [0.717, 1.165) is 23.6 Å². The lowest BCUT2D eigenvalue weighted by Crippen LogP contribution is -2.02. The largest absolute Gasteiger partial charge is 0.207 e. The molecule has 0 saturated heterocycles. The summed E-state index contributed by atoms with van der Waals surface area (Å²) in [6, 6.07) is 8.98. The van der Waals surface area contributed by atoms with E-state index in [-0.39, 0.29) is 5.56 Å². The molecule has 2 aromatic rings. The van der Waals surface area contributed by atoms with Crippen molar-refractivity contribution < 1.29 is 13.2 Å². The predicted octanol–water partition coefficient (Wildman–Crippen LogP) is 5.15. The third-order valence-electron chi connectivity index (χ3n) is 3.02. The molecular weight excluding hydrogens is 317 g/mol. The van der Waals surface area contributed by atoms with Gasteiger partial charge >= 0.3 is 0 Å². The molecule has 1 unspecified atom stereocenters. The van der Waals surface area contributed by atoms with Crippen molar-refractivity contribution in [1.29, 1.82) is 0 Å². The topological polar surface area (TPSA) is 0 Å². The third-order valence-corrected chi connectivity index (χ3v) is 4.01. The van der Waals surface area contributed by atoms with Gasteiger partial charge in [0.1, 0.15) is 5.82 Å². The van der Waals surface area contributed by atoms with Crippen LogP contribution in [0, 0.1) is 17.5 Å². The van der Waals surface area contributed by atoms with Crippen molar-refractivity contribution in [3.63, 3.8) is 0 Å². The summed E-state index contributed by atoms with van der Waals surface area (Å²) in [7, 11) is 0. The first kappa shape index (κ1) is 14.1. The number of rotatable bonds is 3. The lowest BCUT2D eigenvalue weighted by atomic mass is 9.98. The monoisotopic (exact) mass is 328 g/mol. The van der Waals surface area contributed by atoms with Gasteiger partial charge in [-0.2, -0.15) is 0 Å². The molecule has 2 aromatic carbocycles. The summed E-state index contributed by atoms with van der Waals surface area (Å²) in [6.45, 7) is 1.99. The minimum absolute atomic E-state index is 0.0970. The van der Waals surface area contributed by atoms with Crippen LogP contribution in [0.1, 0.15) is 28.4 Å². The summed E-state index contributed by atoms with van der Waals surface area (Å²) >= 11 is 3.37. The molecule has 0 fully saturated rings. The number of alkyl halides is 1. The Morgan fingerprint density at radius 1 is 0.947 bits per heavy atom. The van der Waals surface area contributed by atoms with Crippen LogP contribution < -0.4 is 0 Å². The van der Waals surface area contributed by atoms with Crippen molar-refractivity contribution in [3.8, 4) is 0 Å². The van der Waals surface area contributed by atoms with E-state index in [1.807, 2.05) is 31.2 Å². The van der Waals surface area contributed by atoms with Gasteiger partial charge < -0.3 is 0 Å². The quantitative estimate of drug-likeness (QED) is 0.540. The fourth-order valence-corrected chi connectivity index (χ4v) is 2.80. The van der Waals surface area contributed by atoms with E-state index in [0.29, 0.717) is 6.07 Å². The first-order chi connectivity index (χ1) is 9.04. The van der Waals surface area contributed by atoms with E-state index in [9.17, 15) is 13.2 Å². The molecule has 2 rings (SSSR count). The minimum atomic E-state index is -1.18. The van der Waals surface area contributed by atoms with Gasteiger partial charge in [0.25, 0.3) is 0 Å². The van der Waals surface area contributed by atoms with E-state index < -0.39 is 22.3 Å². The van der Waals surface area contributed by atoms with Crippen LogP contribution in [0.25, 0.3) is 0 Å². The van der Waals surface area contributed by atoms with Crippen molar-refractivity contribution >= 4 is 15.9 Å². The van der Waals surface area contributed by atoms with Crippen LogP contribution in [0.3, 0.4) is 0 Å². The Kier molecular flexibility index (Phi) is 4.30. The Hall–Kier alpha value is -1.29. The van der Waals surface area contributed by atoms with Gasteiger partial charge in [-0.3, -0.25) is 0 Å². The molecule has 0 aliphatic rings. The Labute approximate surface area is 118 Å². The highest BCUT2D eigenvalue weighted by molar-refractivity contribution is 9.09. The van der Waals surface area contributed by atoms with Gasteiger partial charge in [0, 0.05) is 11.6 Å². The SMILES string of the molecule is CCc1ccccc1C(Br)c1cc(F)c(F)cc1F. The molecule has 0 N–H and O–H groups in total. The molecule has 0 aromatic heterocycles. The van der Waals surface area contributed by atoms with Crippen LogP contribution in [0.2, 0.25) is 0 Å². The molecule has 0 bridgehead atoms. The minimum Gasteiger partial charge on any atom is -0.207 e. The maximum Gasteiger partial charge on any atom is 0.161 e. The second kappa shape index (κ2) is 5.78. The number of benzene rings is 2. The van der Waals surface area contributed by atoms with Gasteiger partial charge in [-0.15, -0.1) is 0 Å². The highest BCUT2D eigenvalue weighted by Crippen LogP contribution is 2.35. The number of aryl methyl sites for hydroxylation is 1. The molecule has 1 atom stereocenters. The maximum absolute atomic E-state index is 13.8. The molecule has 0 aliphatic carbocycles. The van der Waals surface area contributed by atoms with Crippen molar-refractivity contribution in [2.24, 2.45) is 0 Å². The molecule has 0 nitrogen and oxygen atoms in total.